The molecule has 2 unspecified atom stereocenters. The second-order valence-electron chi connectivity index (χ2n) is 4.99. The van der Waals surface area contributed by atoms with Gasteiger partial charge in [0.05, 0.1) is 6.10 Å². The van der Waals surface area contributed by atoms with Crippen LogP contribution in [0.2, 0.25) is 5.02 Å². The van der Waals surface area contributed by atoms with Crippen molar-refractivity contribution < 1.29 is 4.74 Å². The molecule has 1 fully saturated rings. The van der Waals surface area contributed by atoms with Crippen LogP contribution in [-0.4, -0.2) is 37.2 Å². The van der Waals surface area contributed by atoms with Gasteiger partial charge in [0.15, 0.2) is 0 Å². The number of benzene rings is 1. The topological polar surface area (TPSA) is 38.5 Å². The van der Waals surface area contributed by atoms with E-state index in [-0.39, 0.29) is 6.04 Å². The molecule has 0 spiro atoms. The molecule has 0 radical (unpaired) electrons. The van der Waals surface area contributed by atoms with Crippen LogP contribution >= 0.6 is 11.6 Å². The predicted octanol–water partition coefficient (Wildman–Crippen LogP) is 2.84. The van der Waals surface area contributed by atoms with Gasteiger partial charge in [-0.3, -0.25) is 4.90 Å². The smallest absolute Gasteiger partial charge is 0.0702 e. The number of nitrogens with zero attached hydrogens (tertiary/aromatic N) is 1. The Morgan fingerprint density at radius 2 is 2.26 bits per heavy atom. The third-order valence-corrected chi connectivity index (χ3v) is 4.08. The number of rotatable bonds is 5. The van der Waals surface area contributed by atoms with Crippen molar-refractivity contribution in [3.8, 4) is 0 Å². The molecule has 0 aromatic heterocycles. The highest BCUT2D eigenvalue weighted by atomic mass is 35.5. The van der Waals surface area contributed by atoms with Crippen molar-refractivity contribution in [3.63, 3.8) is 0 Å². The zero-order valence-electron chi connectivity index (χ0n) is 11.5. The Hall–Kier alpha value is -0.610. The Kier molecular flexibility index (Phi) is 5.64. The number of hydrogen-bond acceptors (Lipinski definition) is 3. The van der Waals surface area contributed by atoms with Crippen LogP contribution in [0.15, 0.2) is 24.3 Å². The van der Waals surface area contributed by atoms with Crippen LogP contribution in [0.3, 0.4) is 0 Å². The van der Waals surface area contributed by atoms with E-state index in [0.717, 1.165) is 43.1 Å². The maximum absolute atomic E-state index is 6.30. The highest BCUT2D eigenvalue weighted by Crippen LogP contribution is 2.29. The average Bonchev–Trinajstić information content (AvgIpc) is 2.43. The van der Waals surface area contributed by atoms with Gasteiger partial charge in [0.25, 0.3) is 0 Å². The van der Waals surface area contributed by atoms with Gasteiger partial charge in [0, 0.05) is 30.8 Å². The van der Waals surface area contributed by atoms with Gasteiger partial charge in [-0.2, -0.15) is 0 Å². The van der Waals surface area contributed by atoms with Crippen LogP contribution in [0.1, 0.15) is 31.4 Å². The van der Waals surface area contributed by atoms with Crippen LogP contribution in [0, 0.1) is 0 Å². The summed E-state index contributed by atoms with van der Waals surface area (Å²) in [5.74, 6) is 0. The first-order valence-electron chi connectivity index (χ1n) is 7.06. The lowest BCUT2D eigenvalue weighted by Gasteiger charge is -2.38. The molecule has 2 N–H and O–H groups in total. The van der Waals surface area contributed by atoms with Crippen molar-refractivity contribution in [2.24, 2.45) is 5.73 Å². The molecule has 0 aliphatic carbocycles. The van der Waals surface area contributed by atoms with Gasteiger partial charge >= 0.3 is 0 Å². The second-order valence-corrected chi connectivity index (χ2v) is 5.39. The summed E-state index contributed by atoms with van der Waals surface area (Å²) in [4.78, 5) is 2.41. The molecule has 0 amide bonds. The molecule has 2 rings (SSSR count). The van der Waals surface area contributed by atoms with Crippen LogP contribution in [0.25, 0.3) is 0 Å². The standard InChI is InChI=1S/C15H23ClN2O/c1-2-19-12-6-5-9-18(11-12)15(10-17)13-7-3-4-8-14(13)16/h3-4,7-8,12,15H,2,5-6,9-11,17H2,1H3. The van der Waals surface area contributed by atoms with Gasteiger partial charge in [-0.1, -0.05) is 29.8 Å². The molecule has 1 heterocycles. The fraction of sp³-hybridized carbons (Fsp3) is 0.600. The highest BCUT2D eigenvalue weighted by molar-refractivity contribution is 6.31. The normalized spacial score (nSPS) is 22.4. The number of halogens is 1. The summed E-state index contributed by atoms with van der Waals surface area (Å²) in [6.07, 6.45) is 2.63. The molecule has 1 aromatic rings. The summed E-state index contributed by atoms with van der Waals surface area (Å²) in [5, 5.41) is 0.802. The SMILES string of the molecule is CCOC1CCCN(C(CN)c2ccccc2Cl)C1. The van der Waals surface area contributed by atoms with Gasteiger partial charge in [-0.05, 0) is 37.9 Å². The Balaban J connectivity index is 2.11. The Morgan fingerprint density at radius 1 is 1.47 bits per heavy atom. The lowest BCUT2D eigenvalue weighted by atomic mass is 10.0. The number of hydrogen-bond donors (Lipinski definition) is 1. The van der Waals surface area contributed by atoms with E-state index >= 15 is 0 Å². The molecule has 106 valence electrons. The Morgan fingerprint density at radius 3 is 2.95 bits per heavy atom. The number of nitrogens with two attached hydrogens (primary N) is 1. The lowest BCUT2D eigenvalue weighted by molar-refractivity contribution is -0.00658. The van der Waals surface area contributed by atoms with E-state index in [4.69, 9.17) is 22.1 Å². The summed E-state index contributed by atoms with van der Waals surface area (Å²) in [7, 11) is 0. The summed E-state index contributed by atoms with van der Waals surface area (Å²) in [6, 6.07) is 8.18. The number of ether oxygens (including phenoxy) is 1. The van der Waals surface area contributed by atoms with Crippen LogP contribution in [0.5, 0.6) is 0 Å². The van der Waals surface area contributed by atoms with Gasteiger partial charge in [-0.25, -0.2) is 0 Å². The number of likely N-dealkylation sites (tertiary alicyclic amines) is 1. The summed E-state index contributed by atoms with van der Waals surface area (Å²) >= 11 is 6.30. The lowest BCUT2D eigenvalue weighted by Crippen LogP contribution is -2.44. The largest absolute Gasteiger partial charge is 0.377 e. The van der Waals surface area contributed by atoms with Crippen LogP contribution in [-0.2, 0) is 4.74 Å². The van der Waals surface area contributed by atoms with Gasteiger partial charge in [0.2, 0.25) is 0 Å². The zero-order valence-corrected chi connectivity index (χ0v) is 12.3. The maximum atomic E-state index is 6.30. The summed E-state index contributed by atoms with van der Waals surface area (Å²) in [6.45, 7) is 5.42. The fourth-order valence-corrected chi connectivity index (χ4v) is 3.10. The van der Waals surface area contributed by atoms with Crippen molar-refractivity contribution in [1.82, 2.24) is 4.90 Å². The first kappa shape index (κ1) is 14.8. The molecule has 4 heteroatoms. The monoisotopic (exact) mass is 282 g/mol. The summed E-state index contributed by atoms with van der Waals surface area (Å²) < 4.78 is 5.76. The van der Waals surface area contributed by atoms with E-state index < -0.39 is 0 Å². The first-order valence-corrected chi connectivity index (χ1v) is 7.44. The quantitative estimate of drug-likeness (QED) is 0.902. The van der Waals surface area contributed by atoms with Crippen molar-refractivity contribution in [2.75, 3.05) is 26.2 Å². The first-order chi connectivity index (χ1) is 9.26. The minimum atomic E-state index is 0.192. The molecule has 1 aliphatic heterocycles. The van der Waals surface area contributed by atoms with E-state index in [2.05, 4.69) is 11.0 Å². The maximum Gasteiger partial charge on any atom is 0.0702 e. The van der Waals surface area contributed by atoms with Crippen LogP contribution < -0.4 is 5.73 Å². The second kappa shape index (κ2) is 7.25. The van der Waals surface area contributed by atoms with Crippen molar-refractivity contribution in [2.45, 2.75) is 31.9 Å². The van der Waals surface area contributed by atoms with E-state index in [1.807, 2.05) is 25.1 Å². The van der Waals surface area contributed by atoms with Gasteiger partial charge < -0.3 is 10.5 Å². The van der Waals surface area contributed by atoms with Crippen molar-refractivity contribution in [3.05, 3.63) is 34.9 Å². The Labute approximate surface area is 120 Å². The molecule has 0 saturated carbocycles. The molecule has 2 atom stereocenters. The fourth-order valence-electron chi connectivity index (χ4n) is 2.84. The van der Waals surface area contributed by atoms with E-state index in [1.165, 1.54) is 0 Å². The molecular weight excluding hydrogens is 260 g/mol. The summed E-state index contributed by atoms with van der Waals surface area (Å²) in [5.41, 5.74) is 7.11. The molecular formula is C15H23ClN2O. The molecule has 19 heavy (non-hydrogen) atoms. The highest BCUT2D eigenvalue weighted by Gasteiger charge is 2.27. The van der Waals surface area contributed by atoms with Gasteiger partial charge in [-0.15, -0.1) is 0 Å². The van der Waals surface area contributed by atoms with E-state index in [9.17, 15) is 0 Å². The zero-order chi connectivity index (χ0) is 13.7. The third kappa shape index (κ3) is 3.69. The molecule has 1 saturated heterocycles. The van der Waals surface area contributed by atoms with E-state index in [1.54, 1.807) is 0 Å². The average molecular weight is 283 g/mol. The van der Waals surface area contributed by atoms with Crippen molar-refractivity contribution in [1.29, 1.82) is 0 Å². The molecule has 1 aromatic carbocycles. The van der Waals surface area contributed by atoms with Crippen LogP contribution in [0.4, 0.5) is 0 Å². The molecule has 1 aliphatic rings. The minimum absolute atomic E-state index is 0.192. The minimum Gasteiger partial charge on any atom is -0.377 e. The van der Waals surface area contributed by atoms with E-state index in [0.29, 0.717) is 12.6 Å². The third-order valence-electron chi connectivity index (χ3n) is 3.74. The molecule has 3 nitrogen and oxygen atoms in total. The van der Waals surface area contributed by atoms with Crippen molar-refractivity contribution >= 4 is 11.6 Å². The number of piperidine rings is 1. The Bertz CT molecular complexity index is 397. The predicted molar refractivity (Wildman–Crippen MR) is 79.5 cm³/mol. The van der Waals surface area contributed by atoms with Gasteiger partial charge in [0.1, 0.15) is 0 Å². The molecule has 0 bridgehead atoms.